The minimum atomic E-state index is 1.00. The second kappa shape index (κ2) is 3.25. The lowest BCUT2D eigenvalue weighted by molar-refractivity contribution is -0.642. The summed E-state index contributed by atoms with van der Waals surface area (Å²) in [6.07, 6.45) is 4.37. The molecule has 0 N–H and O–H groups in total. The molecule has 0 unspecified atom stereocenters. The van der Waals surface area contributed by atoms with Crippen molar-refractivity contribution in [2.24, 2.45) is 0 Å². The third-order valence-electron chi connectivity index (χ3n) is 3.93. The number of hydrogen-bond acceptors (Lipinski definition) is 1. The summed E-state index contributed by atoms with van der Waals surface area (Å²) in [5, 5.41) is 1.40. The number of thiazole rings is 1. The molecule has 1 aliphatic rings. The molecule has 3 aromatic heterocycles. The topological polar surface area (TPSA) is 8.29 Å². The Bertz CT molecular complexity index is 946. The molecule has 0 amide bonds. The molecule has 0 atom stereocenters. The Balaban J connectivity index is 1.93. The highest BCUT2D eigenvalue weighted by Crippen LogP contribution is 2.37. The molecule has 3 heteroatoms. The van der Waals surface area contributed by atoms with Crippen molar-refractivity contribution in [1.29, 1.82) is 0 Å². The number of rotatable bonds is 0. The van der Waals surface area contributed by atoms with Crippen LogP contribution in [-0.2, 0) is 6.54 Å². The molecule has 0 saturated heterocycles. The van der Waals surface area contributed by atoms with Gasteiger partial charge in [0.15, 0.2) is 6.54 Å². The number of pyridine rings is 1. The fourth-order valence-electron chi connectivity index (χ4n) is 3.04. The van der Waals surface area contributed by atoms with Crippen molar-refractivity contribution in [2.45, 2.75) is 6.54 Å². The van der Waals surface area contributed by atoms with Crippen molar-refractivity contribution in [3.05, 3.63) is 60.4 Å². The van der Waals surface area contributed by atoms with E-state index in [1.807, 2.05) is 11.3 Å². The minimum absolute atomic E-state index is 1.00. The number of benzene rings is 1. The number of nitrogens with zero attached hydrogens (tertiary/aromatic N) is 2. The van der Waals surface area contributed by atoms with E-state index in [0.29, 0.717) is 0 Å². The third-order valence-corrected chi connectivity index (χ3v) is 5.18. The van der Waals surface area contributed by atoms with E-state index in [1.165, 1.54) is 31.9 Å². The smallest absolute Gasteiger partial charge is 0.271 e. The van der Waals surface area contributed by atoms with Crippen LogP contribution < -0.4 is 4.57 Å². The molecule has 0 aliphatic carbocycles. The second-order valence-corrected chi connectivity index (χ2v) is 5.99. The lowest BCUT2D eigenvalue weighted by Gasteiger charge is -1.91. The first-order chi connectivity index (χ1) is 9.42. The Hall–Kier alpha value is -2.13. The van der Waals surface area contributed by atoms with Gasteiger partial charge < -0.3 is 4.40 Å². The van der Waals surface area contributed by atoms with Crippen molar-refractivity contribution >= 4 is 27.1 Å². The summed E-state index contributed by atoms with van der Waals surface area (Å²) >= 11 is 1.91. The molecular weight excluding hydrogens is 252 g/mol. The molecular formula is C16H11N2S+. The van der Waals surface area contributed by atoms with Crippen LogP contribution in [0.5, 0.6) is 0 Å². The van der Waals surface area contributed by atoms with Gasteiger partial charge >= 0.3 is 0 Å². The van der Waals surface area contributed by atoms with Crippen LogP contribution >= 0.6 is 11.3 Å². The van der Waals surface area contributed by atoms with Crippen LogP contribution in [0.2, 0.25) is 0 Å². The number of hydrogen-bond donors (Lipinski definition) is 0. The Labute approximate surface area is 114 Å². The molecule has 4 aromatic rings. The average molecular weight is 263 g/mol. The van der Waals surface area contributed by atoms with Crippen LogP contribution in [0.25, 0.3) is 26.3 Å². The van der Waals surface area contributed by atoms with Gasteiger partial charge in [-0.05, 0) is 18.2 Å². The van der Waals surface area contributed by atoms with Gasteiger partial charge in [-0.15, -0.1) is 0 Å². The Kier molecular flexibility index (Phi) is 1.67. The van der Waals surface area contributed by atoms with Crippen LogP contribution in [0.4, 0.5) is 0 Å². The van der Waals surface area contributed by atoms with Crippen molar-refractivity contribution in [2.75, 3.05) is 0 Å². The Morgan fingerprint density at radius 1 is 1.05 bits per heavy atom. The van der Waals surface area contributed by atoms with E-state index < -0.39 is 0 Å². The molecule has 0 radical (unpaired) electrons. The Morgan fingerprint density at radius 2 is 1.95 bits per heavy atom. The number of fused-ring (bicyclic) bond motifs is 7. The summed E-state index contributed by atoms with van der Waals surface area (Å²) < 4.78 is 6.06. The molecule has 1 aromatic carbocycles. The first-order valence-corrected chi connectivity index (χ1v) is 7.24. The van der Waals surface area contributed by atoms with Crippen LogP contribution in [0.15, 0.2) is 54.9 Å². The van der Waals surface area contributed by atoms with E-state index in [-0.39, 0.29) is 0 Å². The molecule has 19 heavy (non-hydrogen) atoms. The average Bonchev–Trinajstić information content (AvgIpc) is 3.07. The summed E-state index contributed by atoms with van der Waals surface area (Å²) in [6.45, 7) is 1.00. The predicted molar refractivity (Wildman–Crippen MR) is 77.5 cm³/mol. The molecule has 5 rings (SSSR count). The molecule has 0 bridgehead atoms. The van der Waals surface area contributed by atoms with Gasteiger partial charge in [0.2, 0.25) is 5.52 Å². The van der Waals surface area contributed by atoms with Crippen LogP contribution in [0.1, 0.15) is 5.56 Å². The second-order valence-electron chi connectivity index (χ2n) is 4.99. The zero-order valence-corrected chi connectivity index (χ0v) is 11.0. The summed E-state index contributed by atoms with van der Waals surface area (Å²) in [6, 6.07) is 15.1. The summed E-state index contributed by atoms with van der Waals surface area (Å²) in [7, 11) is 0. The van der Waals surface area contributed by atoms with E-state index in [1.54, 1.807) is 0 Å². The summed E-state index contributed by atoms with van der Waals surface area (Å²) in [4.78, 5) is 0. The largest absolute Gasteiger partial charge is 0.316 e. The normalized spacial score (nSPS) is 13.1. The molecule has 0 spiro atoms. The van der Waals surface area contributed by atoms with Gasteiger partial charge in [0.25, 0.3) is 5.01 Å². The molecule has 2 nitrogen and oxygen atoms in total. The van der Waals surface area contributed by atoms with Crippen LogP contribution in [0.3, 0.4) is 0 Å². The van der Waals surface area contributed by atoms with Crippen LogP contribution in [-0.4, -0.2) is 4.40 Å². The van der Waals surface area contributed by atoms with Crippen molar-refractivity contribution in [1.82, 2.24) is 4.40 Å². The molecule has 0 saturated carbocycles. The lowest BCUT2D eigenvalue weighted by atomic mass is 10.1. The van der Waals surface area contributed by atoms with Gasteiger partial charge in [-0.25, -0.2) is 0 Å². The van der Waals surface area contributed by atoms with E-state index in [4.69, 9.17) is 0 Å². The first kappa shape index (κ1) is 9.75. The molecule has 90 valence electrons. The fourth-order valence-corrected chi connectivity index (χ4v) is 4.36. The highest BCUT2D eigenvalue weighted by Gasteiger charge is 2.32. The Morgan fingerprint density at radius 3 is 2.95 bits per heavy atom. The zero-order valence-electron chi connectivity index (χ0n) is 10.2. The van der Waals surface area contributed by atoms with Crippen molar-refractivity contribution < 1.29 is 4.57 Å². The maximum atomic E-state index is 2.44. The van der Waals surface area contributed by atoms with Gasteiger partial charge in [0, 0.05) is 11.8 Å². The maximum absolute atomic E-state index is 2.44. The van der Waals surface area contributed by atoms with Crippen molar-refractivity contribution in [3.63, 3.8) is 0 Å². The standard InChI is InChI=1S/C16H11N2S/c1-2-6-12-11(5-1)9-18-14-10-17-8-4-3-7-13(17)15(14)19-16(12)18/h1-8,10H,9H2/q+1. The van der Waals surface area contributed by atoms with Gasteiger partial charge in [0.05, 0.1) is 17.3 Å². The van der Waals surface area contributed by atoms with E-state index in [2.05, 4.69) is 63.8 Å². The summed E-state index contributed by atoms with van der Waals surface area (Å²) in [5.74, 6) is 0. The monoisotopic (exact) mass is 263 g/mol. The maximum Gasteiger partial charge on any atom is 0.271 e. The molecule has 1 aliphatic heterocycles. The van der Waals surface area contributed by atoms with E-state index >= 15 is 0 Å². The van der Waals surface area contributed by atoms with Gasteiger partial charge in [-0.2, -0.15) is 4.57 Å². The molecule has 0 fully saturated rings. The summed E-state index contributed by atoms with van der Waals surface area (Å²) in [5.41, 5.74) is 5.49. The van der Waals surface area contributed by atoms with Crippen LogP contribution in [0, 0.1) is 0 Å². The quantitative estimate of drug-likeness (QED) is 0.378. The molecule has 4 heterocycles. The van der Waals surface area contributed by atoms with Gasteiger partial charge in [-0.1, -0.05) is 35.6 Å². The predicted octanol–water partition coefficient (Wildman–Crippen LogP) is 3.47. The van der Waals surface area contributed by atoms with Crippen molar-refractivity contribution in [3.8, 4) is 10.6 Å². The lowest BCUT2D eigenvalue weighted by Crippen LogP contribution is -2.29. The highest BCUT2D eigenvalue weighted by atomic mass is 32.1. The minimum Gasteiger partial charge on any atom is -0.316 e. The fraction of sp³-hybridized carbons (Fsp3) is 0.0625. The van der Waals surface area contributed by atoms with Gasteiger partial charge in [0.1, 0.15) is 4.70 Å². The highest BCUT2D eigenvalue weighted by molar-refractivity contribution is 7.22. The van der Waals surface area contributed by atoms with E-state index in [0.717, 1.165) is 6.54 Å². The van der Waals surface area contributed by atoms with Gasteiger partial charge in [-0.3, -0.25) is 0 Å². The first-order valence-electron chi connectivity index (χ1n) is 6.42. The van der Waals surface area contributed by atoms with E-state index in [9.17, 15) is 0 Å². The number of aromatic nitrogens is 2. The third kappa shape index (κ3) is 1.13. The zero-order chi connectivity index (χ0) is 12.4. The SMILES string of the molecule is c1ccc2c(c1)C[n+]1c-2sc2c3ccccn3cc21.